The molecule has 1 heterocycles. The fourth-order valence-corrected chi connectivity index (χ4v) is 2.73. The summed E-state index contributed by atoms with van der Waals surface area (Å²) in [7, 11) is 2.12. The van der Waals surface area contributed by atoms with Crippen LogP contribution in [-0.4, -0.2) is 0 Å². The van der Waals surface area contributed by atoms with Crippen LogP contribution in [0, 0.1) is 6.92 Å². The highest BCUT2D eigenvalue weighted by Gasteiger charge is 2.10. The maximum atomic E-state index is 2.33. The van der Waals surface area contributed by atoms with Crippen LogP contribution in [0.3, 0.4) is 0 Å². The second kappa shape index (κ2) is 4.09. The van der Waals surface area contributed by atoms with E-state index >= 15 is 0 Å². The summed E-state index contributed by atoms with van der Waals surface area (Å²) < 4.78 is 2.23. The van der Waals surface area contributed by atoms with Crippen LogP contribution < -0.4 is 4.57 Å². The molecule has 0 aliphatic rings. The van der Waals surface area contributed by atoms with Gasteiger partial charge in [0.15, 0.2) is 11.9 Å². The predicted octanol–water partition coefficient (Wildman–Crippen LogP) is 3.69. The smallest absolute Gasteiger partial charge is 0.188 e. The first-order valence-corrected chi connectivity index (χ1v) is 6.50. The fourth-order valence-electron chi connectivity index (χ4n) is 2.73. The zero-order chi connectivity index (χ0) is 12.7. The average Bonchev–Trinajstić information content (AvgIpc) is 2.36. The van der Waals surface area contributed by atoms with Crippen molar-refractivity contribution in [2.45, 2.75) is 20.3 Å². The molecular formula is C17H18N+. The molecule has 0 atom stereocenters. The van der Waals surface area contributed by atoms with E-state index in [4.69, 9.17) is 0 Å². The van der Waals surface area contributed by atoms with Gasteiger partial charge in [-0.1, -0.05) is 30.7 Å². The number of fused-ring (bicyclic) bond motifs is 2. The van der Waals surface area contributed by atoms with E-state index in [9.17, 15) is 0 Å². The molecule has 3 rings (SSSR count). The van der Waals surface area contributed by atoms with Crippen molar-refractivity contribution in [3.8, 4) is 0 Å². The van der Waals surface area contributed by atoms with Gasteiger partial charge in [0.25, 0.3) is 0 Å². The third kappa shape index (κ3) is 1.67. The Morgan fingerprint density at radius 3 is 2.56 bits per heavy atom. The maximum absolute atomic E-state index is 2.33. The van der Waals surface area contributed by atoms with Gasteiger partial charge >= 0.3 is 0 Å². The Hall–Kier alpha value is -1.89. The number of aryl methyl sites for hydroxylation is 3. The third-order valence-electron chi connectivity index (χ3n) is 3.71. The standard InChI is InChI=1S/C17H18N/c1-4-17-16-11-15-9-12(2)5-6-13(15)10-14(16)7-8-18(17)3/h5-11H,4H2,1-3H3/q+1. The van der Waals surface area contributed by atoms with Gasteiger partial charge in [-0.05, 0) is 35.2 Å². The van der Waals surface area contributed by atoms with Crippen molar-refractivity contribution in [2.24, 2.45) is 7.05 Å². The number of benzene rings is 2. The largest absolute Gasteiger partial charge is 0.205 e. The molecule has 0 saturated heterocycles. The van der Waals surface area contributed by atoms with E-state index in [1.807, 2.05) is 0 Å². The lowest BCUT2D eigenvalue weighted by atomic mass is 10.0. The second-order valence-electron chi connectivity index (χ2n) is 5.02. The van der Waals surface area contributed by atoms with E-state index in [1.54, 1.807) is 0 Å². The summed E-state index contributed by atoms with van der Waals surface area (Å²) >= 11 is 0. The Morgan fingerprint density at radius 1 is 0.944 bits per heavy atom. The van der Waals surface area contributed by atoms with Crippen molar-refractivity contribution in [3.63, 3.8) is 0 Å². The molecule has 0 spiro atoms. The van der Waals surface area contributed by atoms with Crippen LogP contribution >= 0.6 is 0 Å². The summed E-state index contributed by atoms with van der Waals surface area (Å²) in [5.74, 6) is 0. The number of hydrogen-bond donors (Lipinski definition) is 0. The summed E-state index contributed by atoms with van der Waals surface area (Å²) in [4.78, 5) is 0. The molecule has 0 bridgehead atoms. The van der Waals surface area contributed by atoms with Crippen LogP contribution in [0.15, 0.2) is 42.6 Å². The number of pyridine rings is 1. The first-order valence-electron chi connectivity index (χ1n) is 6.50. The quantitative estimate of drug-likeness (QED) is 0.448. The molecule has 90 valence electrons. The summed E-state index contributed by atoms with van der Waals surface area (Å²) in [5, 5.41) is 5.37. The highest BCUT2D eigenvalue weighted by Crippen LogP contribution is 2.24. The van der Waals surface area contributed by atoms with Gasteiger partial charge in [0.05, 0.1) is 0 Å². The minimum atomic E-state index is 1.06. The van der Waals surface area contributed by atoms with E-state index in [1.165, 1.54) is 32.8 Å². The second-order valence-corrected chi connectivity index (χ2v) is 5.02. The molecule has 0 radical (unpaired) electrons. The van der Waals surface area contributed by atoms with Gasteiger partial charge in [-0.25, -0.2) is 4.57 Å². The molecule has 0 amide bonds. The van der Waals surface area contributed by atoms with Gasteiger partial charge in [0, 0.05) is 17.9 Å². The van der Waals surface area contributed by atoms with Gasteiger partial charge in [-0.3, -0.25) is 0 Å². The number of nitrogens with zero attached hydrogens (tertiary/aromatic N) is 1. The Labute approximate surface area is 108 Å². The Balaban J connectivity index is 2.45. The van der Waals surface area contributed by atoms with Gasteiger partial charge < -0.3 is 0 Å². The molecule has 1 aromatic heterocycles. The van der Waals surface area contributed by atoms with Crippen molar-refractivity contribution >= 4 is 21.5 Å². The molecule has 2 aromatic carbocycles. The highest BCUT2D eigenvalue weighted by molar-refractivity contribution is 5.98. The zero-order valence-electron chi connectivity index (χ0n) is 11.2. The summed E-state index contributed by atoms with van der Waals surface area (Å²) in [5.41, 5.74) is 2.72. The summed E-state index contributed by atoms with van der Waals surface area (Å²) in [6, 6.07) is 13.5. The highest BCUT2D eigenvalue weighted by atomic mass is 14.9. The Morgan fingerprint density at radius 2 is 1.78 bits per heavy atom. The normalized spacial score (nSPS) is 11.3. The molecule has 0 unspecified atom stereocenters. The fraction of sp³-hybridized carbons (Fsp3) is 0.235. The zero-order valence-corrected chi connectivity index (χ0v) is 11.2. The van der Waals surface area contributed by atoms with E-state index in [-0.39, 0.29) is 0 Å². The van der Waals surface area contributed by atoms with Gasteiger partial charge in [-0.15, -0.1) is 0 Å². The topological polar surface area (TPSA) is 3.88 Å². The number of hydrogen-bond acceptors (Lipinski definition) is 0. The first-order chi connectivity index (χ1) is 8.69. The molecule has 18 heavy (non-hydrogen) atoms. The van der Waals surface area contributed by atoms with Crippen LogP contribution in [-0.2, 0) is 13.5 Å². The molecule has 0 N–H and O–H groups in total. The third-order valence-corrected chi connectivity index (χ3v) is 3.71. The molecular weight excluding hydrogens is 218 g/mol. The SMILES string of the molecule is CCc1c2cc3cc(C)ccc3cc2cc[n+]1C. The van der Waals surface area contributed by atoms with E-state index in [0.29, 0.717) is 0 Å². The van der Waals surface area contributed by atoms with Crippen molar-refractivity contribution in [2.75, 3.05) is 0 Å². The van der Waals surface area contributed by atoms with Crippen LogP contribution in [0.25, 0.3) is 21.5 Å². The Kier molecular flexibility index (Phi) is 2.55. The molecule has 1 nitrogen and oxygen atoms in total. The predicted molar refractivity (Wildman–Crippen MR) is 76.7 cm³/mol. The van der Waals surface area contributed by atoms with Crippen LogP contribution in [0.2, 0.25) is 0 Å². The molecule has 1 heteroatoms. The Bertz CT molecular complexity index is 741. The summed E-state index contributed by atoms with van der Waals surface area (Å²) in [6.45, 7) is 4.37. The lowest BCUT2D eigenvalue weighted by molar-refractivity contribution is -0.677. The van der Waals surface area contributed by atoms with Crippen LogP contribution in [0.1, 0.15) is 18.2 Å². The maximum Gasteiger partial charge on any atom is 0.188 e. The minimum Gasteiger partial charge on any atom is -0.205 e. The molecule has 0 aliphatic carbocycles. The van der Waals surface area contributed by atoms with Crippen LogP contribution in [0.5, 0.6) is 0 Å². The van der Waals surface area contributed by atoms with Crippen LogP contribution in [0.4, 0.5) is 0 Å². The summed E-state index contributed by atoms with van der Waals surface area (Å²) in [6.07, 6.45) is 3.21. The van der Waals surface area contributed by atoms with Gasteiger partial charge in [-0.2, -0.15) is 0 Å². The van der Waals surface area contributed by atoms with Crippen molar-refractivity contribution in [1.29, 1.82) is 0 Å². The number of aromatic nitrogens is 1. The van der Waals surface area contributed by atoms with Crippen molar-refractivity contribution < 1.29 is 4.57 Å². The lowest BCUT2D eigenvalue weighted by Gasteiger charge is -2.06. The minimum absolute atomic E-state index is 1.06. The number of rotatable bonds is 1. The van der Waals surface area contributed by atoms with Gasteiger partial charge in [0.1, 0.15) is 7.05 Å². The molecule has 0 saturated carbocycles. The van der Waals surface area contributed by atoms with E-state index < -0.39 is 0 Å². The molecule has 3 aromatic rings. The average molecular weight is 236 g/mol. The lowest BCUT2D eigenvalue weighted by Crippen LogP contribution is -2.32. The molecule has 0 aliphatic heterocycles. The monoisotopic (exact) mass is 236 g/mol. The van der Waals surface area contributed by atoms with E-state index in [2.05, 4.69) is 68.1 Å². The molecule has 0 fully saturated rings. The van der Waals surface area contributed by atoms with E-state index in [0.717, 1.165) is 6.42 Å². The van der Waals surface area contributed by atoms with Crippen molar-refractivity contribution in [3.05, 3.63) is 53.9 Å². The van der Waals surface area contributed by atoms with Crippen molar-refractivity contribution in [1.82, 2.24) is 0 Å². The van der Waals surface area contributed by atoms with Gasteiger partial charge in [0.2, 0.25) is 0 Å². The first kappa shape index (κ1) is 11.2.